The Labute approximate surface area is 116 Å². The standard InChI is InChI=1S/C14H16N4O2/c15-4-12(19)9-20-13-1-2-14-11(3-13)8-18(17-14)7-10-5-16-6-10/h1-3,8,10,12,16,19H,5-7,9H2. The molecule has 0 saturated carbocycles. The second kappa shape index (κ2) is 5.49. The van der Waals surface area contributed by atoms with Crippen molar-refractivity contribution in [2.75, 3.05) is 19.7 Å². The summed E-state index contributed by atoms with van der Waals surface area (Å²) in [6.45, 7) is 3.00. The highest BCUT2D eigenvalue weighted by Crippen LogP contribution is 2.20. The molecule has 1 aliphatic heterocycles. The lowest BCUT2D eigenvalue weighted by molar-refractivity contribution is 0.150. The molecule has 1 unspecified atom stereocenters. The van der Waals surface area contributed by atoms with Crippen molar-refractivity contribution in [2.24, 2.45) is 5.92 Å². The van der Waals surface area contributed by atoms with Gasteiger partial charge in [0, 0.05) is 37.1 Å². The number of nitrogens with one attached hydrogen (secondary N) is 1. The molecule has 1 aromatic heterocycles. The summed E-state index contributed by atoms with van der Waals surface area (Å²) in [5.41, 5.74) is 0.922. The van der Waals surface area contributed by atoms with Crippen LogP contribution in [0.2, 0.25) is 0 Å². The summed E-state index contributed by atoms with van der Waals surface area (Å²) >= 11 is 0. The minimum absolute atomic E-state index is 0.0239. The smallest absolute Gasteiger partial charge is 0.174 e. The first-order valence-corrected chi connectivity index (χ1v) is 6.63. The molecule has 0 aliphatic carbocycles. The molecule has 20 heavy (non-hydrogen) atoms. The molecule has 0 spiro atoms. The lowest BCUT2D eigenvalue weighted by Crippen LogP contribution is -2.44. The van der Waals surface area contributed by atoms with Gasteiger partial charge in [0.25, 0.3) is 0 Å². The summed E-state index contributed by atoms with van der Waals surface area (Å²) in [5.74, 6) is 1.29. The number of benzene rings is 1. The normalized spacial score (nSPS) is 16.6. The van der Waals surface area contributed by atoms with Crippen LogP contribution in [0.25, 0.3) is 10.9 Å². The third-order valence-corrected chi connectivity index (χ3v) is 3.39. The number of hydrogen-bond acceptors (Lipinski definition) is 5. The molecule has 0 bridgehead atoms. The summed E-state index contributed by atoms with van der Waals surface area (Å²) in [6.07, 6.45) is 0.904. The van der Waals surface area contributed by atoms with Gasteiger partial charge < -0.3 is 15.2 Å². The van der Waals surface area contributed by atoms with Crippen LogP contribution in [0.1, 0.15) is 0 Å². The molecule has 0 amide bonds. The fourth-order valence-corrected chi connectivity index (χ4v) is 2.19. The van der Waals surface area contributed by atoms with Crippen LogP contribution in [0.4, 0.5) is 0 Å². The lowest BCUT2D eigenvalue weighted by Gasteiger charge is -2.26. The first-order valence-electron chi connectivity index (χ1n) is 6.63. The largest absolute Gasteiger partial charge is 0.490 e. The zero-order valence-corrected chi connectivity index (χ0v) is 11.0. The molecule has 6 heteroatoms. The van der Waals surface area contributed by atoms with E-state index in [-0.39, 0.29) is 6.61 Å². The van der Waals surface area contributed by atoms with Gasteiger partial charge in [0.05, 0.1) is 11.6 Å². The number of hydrogen-bond donors (Lipinski definition) is 2. The van der Waals surface area contributed by atoms with E-state index in [0.29, 0.717) is 11.7 Å². The topological polar surface area (TPSA) is 83.1 Å². The molecule has 2 aromatic rings. The number of ether oxygens (including phenoxy) is 1. The minimum atomic E-state index is -1.10. The predicted octanol–water partition coefficient (Wildman–Crippen LogP) is 0.519. The van der Waals surface area contributed by atoms with Crippen molar-refractivity contribution >= 4 is 10.9 Å². The van der Waals surface area contributed by atoms with E-state index in [1.54, 1.807) is 12.1 Å². The molecule has 1 aromatic carbocycles. The fraction of sp³-hybridized carbons (Fsp3) is 0.429. The Morgan fingerprint density at radius 2 is 2.40 bits per heavy atom. The van der Waals surface area contributed by atoms with Gasteiger partial charge in [0.15, 0.2) is 6.10 Å². The third-order valence-electron chi connectivity index (χ3n) is 3.39. The van der Waals surface area contributed by atoms with Crippen molar-refractivity contribution in [2.45, 2.75) is 12.6 Å². The van der Waals surface area contributed by atoms with Crippen molar-refractivity contribution in [1.82, 2.24) is 15.1 Å². The van der Waals surface area contributed by atoms with Crippen molar-refractivity contribution in [3.8, 4) is 11.8 Å². The van der Waals surface area contributed by atoms with E-state index in [0.717, 1.165) is 30.5 Å². The van der Waals surface area contributed by atoms with Crippen LogP contribution < -0.4 is 10.1 Å². The van der Waals surface area contributed by atoms with E-state index in [1.807, 2.05) is 23.0 Å². The molecule has 1 atom stereocenters. The maximum absolute atomic E-state index is 9.16. The Hall–Kier alpha value is -2.10. The first kappa shape index (κ1) is 12.9. The first-order chi connectivity index (χ1) is 9.74. The van der Waals surface area contributed by atoms with Gasteiger partial charge in [-0.25, -0.2) is 0 Å². The lowest BCUT2D eigenvalue weighted by atomic mass is 10.0. The maximum Gasteiger partial charge on any atom is 0.174 e. The summed E-state index contributed by atoms with van der Waals surface area (Å²) in [5, 5.41) is 26.4. The molecule has 2 N–H and O–H groups in total. The Kier molecular flexibility index (Phi) is 3.54. The van der Waals surface area contributed by atoms with Crippen molar-refractivity contribution in [3.63, 3.8) is 0 Å². The van der Waals surface area contributed by atoms with Gasteiger partial charge in [-0.2, -0.15) is 10.4 Å². The Balaban J connectivity index is 1.71. The Bertz CT molecular complexity index is 642. The van der Waals surface area contributed by atoms with Crippen LogP contribution in [0.15, 0.2) is 24.4 Å². The van der Waals surface area contributed by atoms with Crippen LogP contribution in [-0.2, 0) is 6.54 Å². The van der Waals surface area contributed by atoms with Crippen molar-refractivity contribution < 1.29 is 9.84 Å². The number of aliphatic hydroxyl groups is 1. The van der Waals surface area contributed by atoms with E-state index in [2.05, 4.69) is 10.4 Å². The quantitative estimate of drug-likeness (QED) is 0.775. The molecular formula is C14H16N4O2. The zero-order valence-electron chi connectivity index (χ0n) is 11.0. The molecule has 3 rings (SSSR count). The molecule has 6 nitrogen and oxygen atoms in total. The summed E-state index contributed by atoms with van der Waals surface area (Å²) < 4.78 is 7.33. The highest BCUT2D eigenvalue weighted by molar-refractivity contribution is 5.79. The summed E-state index contributed by atoms with van der Waals surface area (Å²) in [6, 6.07) is 7.28. The van der Waals surface area contributed by atoms with Crippen LogP contribution in [0, 0.1) is 17.2 Å². The number of nitriles is 1. The van der Waals surface area contributed by atoms with Gasteiger partial charge >= 0.3 is 0 Å². The molecular weight excluding hydrogens is 256 g/mol. The van der Waals surface area contributed by atoms with Gasteiger partial charge in [0.2, 0.25) is 0 Å². The number of rotatable bonds is 5. The molecule has 1 fully saturated rings. The molecule has 2 heterocycles. The molecule has 1 aliphatic rings. The number of aromatic nitrogens is 2. The zero-order chi connectivity index (χ0) is 13.9. The predicted molar refractivity (Wildman–Crippen MR) is 73.2 cm³/mol. The van der Waals surface area contributed by atoms with Crippen LogP contribution >= 0.6 is 0 Å². The van der Waals surface area contributed by atoms with Gasteiger partial charge in [-0.15, -0.1) is 0 Å². The van der Waals surface area contributed by atoms with Crippen molar-refractivity contribution in [3.05, 3.63) is 24.4 Å². The Morgan fingerprint density at radius 1 is 1.55 bits per heavy atom. The summed E-state index contributed by atoms with van der Waals surface area (Å²) in [7, 11) is 0. The van der Waals surface area contributed by atoms with Gasteiger partial charge in [0.1, 0.15) is 12.4 Å². The Morgan fingerprint density at radius 3 is 3.10 bits per heavy atom. The van der Waals surface area contributed by atoms with Crippen LogP contribution in [-0.4, -0.2) is 40.7 Å². The SMILES string of the molecule is N#CC(O)COc1ccc2nn(CC3CNC3)cc2c1. The molecule has 104 valence electrons. The average molecular weight is 272 g/mol. The maximum atomic E-state index is 9.16. The number of aliphatic hydroxyl groups excluding tert-OH is 1. The van der Waals surface area contributed by atoms with Gasteiger partial charge in [-0.05, 0) is 18.2 Å². The second-order valence-electron chi connectivity index (χ2n) is 5.05. The number of nitrogens with zero attached hydrogens (tertiary/aromatic N) is 3. The number of fused-ring (bicyclic) bond motifs is 1. The van der Waals surface area contributed by atoms with E-state index < -0.39 is 6.10 Å². The van der Waals surface area contributed by atoms with Crippen LogP contribution in [0.5, 0.6) is 5.75 Å². The molecule has 1 saturated heterocycles. The van der Waals surface area contributed by atoms with E-state index in [9.17, 15) is 0 Å². The minimum Gasteiger partial charge on any atom is -0.490 e. The van der Waals surface area contributed by atoms with E-state index in [1.165, 1.54) is 0 Å². The second-order valence-corrected chi connectivity index (χ2v) is 5.05. The van der Waals surface area contributed by atoms with Gasteiger partial charge in [-0.3, -0.25) is 4.68 Å². The fourth-order valence-electron chi connectivity index (χ4n) is 2.19. The van der Waals surface area contributed by atoms with Crippen LogP contribution in [0.3, 0.4) is 0 Å². The summed E-state index contributed by atoms with van der Waals surface area (Å²) in [4.78, 5) is 0. The average Bonchev–Trinajstić information content (AvgIpc) is 2.82. The third kappa shape index (κ3) is 2.74. The molecule has 0 radical (unpaired) electrons. The highest BCUT2D eigenvalue weighted by Gasteiger charge is 2.17. The van der Waals surface area contributed by atoms with E-state index in [4.69, 9.17) is 15.1 Å². The van der Waals surface area contributed by atoms with Gasteiger partial charge in [-0.1, -0.05) is 0 Å². The van der Waals surface area contributed by atoms with E-state index >= 15 is 0 Å². The highest BCUT2D eigenvalue weighted by atomic mass is 16.5. The van der Waals surface area contributed by atoms with Crippen molar-refractivity contribution in [1.29, 1.82) is 5.26 Å². The monoisotopic (exact) mass is 272 g/mol.